The molecule has 0 fully saturated rings. The van der Waals surface area contributed by atoms with Gasteiger partial charge in [-0.15, -0.1) is 10.2 Å². The Morgan fingerprint density at radius 2 is 1.93 bits per heavy atom. The average Bonchev–Trinajstić information content (AvgIpc) is 3.14. The maximum atomic E-state index is 11.8. The summed E-state index contributed by atoms with van der Waals surface area (Å²) in [7, 11) is 0. The van der Waals surface area contributed by atoms with Crippen LogP contribution in [0.15, 0.2) is 62.4 Å². The van der Waals surface area contributed by atoms with E-state index in [4.69, 9.17) is 11.6 Å². The molecule has 0 saturated carbocycles. The number of rotatable bonds is 8. The van der Waals surface area contributed by atoms with Crippen molar-refractivity contribution < 1.29 is 4.79 Å². The summed E-state index contributed by atoms with van der Waals surface area (Å²) in [6, 6.07) is 13.2. The number of benzene rings is 1. The van der Waals surface area contributed by atoms with Crippen molar-refractivity contribution in [3.8, 4) is 0 Å². The first-order chi connectivity index (χ1) is 13.2. The van der Waals surface area contributed by atoms with Crippen molar-refractivity contribution in [2.45, 2.75) is 14.4 Å². The molecule has 0 spiro atoms. The number of carbonyl (C=O) groups is 1. The quantitative estimate of drug-likeness (QED) is 0.325. The van der Waals surface area contributed by atoms with Crippen molar-refractivity contribution in [3.63, 3.8) is 0 Å². The Labute approximate surface area is 173 Å². The second kappa shape index (κ2) is 10.4. The fraction of sp³-hybridized carbons (Fsp3) is 0.118. The van der Waals surface area contributed by atoms with Crippen LogP contribution in [-0.4, -0.2) is 33.1 Å². The van der Waals surface area contributed by atoms with Gasteiger partial charge >= 0.3 is 0 Å². The fourth-order valence-electron chi connectivity index (χ4n) is 1.85. The standard InChI is InChI=1S/C17H14ClN5OS3/c18-14-7-2-1-5-12(14)10-25-16-22-23-17(27-16)26-11-15(24)21-20-9-13-6-3-4-8-19-13/h1-9H,10-11H2,(H,21,24)/b20-9+. The summed E-state index contributed by atoms with van der Waals surface area (Å²) in [5, 5.41) is 12.9. The molecule has 0 aliphatic heterocycles. The van der Waals surface area contributed by atoms with E-state index >= 15 is 0 Å². The summed E-state index contributed by atoms with van der Waals surface area (Å²) < 4.78 is 1.58. The molecule has 2 heterocycles. The van der Waals surface area contributed by atoms with E-state index in [0.29, 0.717) is 5.69 Å². The van der Waals surface area contributed by atoms with Crippen LogP contribution in [0.5, 0.6) is 0 Å². The van der Waals surface area contributed by atoms with E-state index in [9.17, 15) is 4.79 Å². The molecule has 0 aliphatic carbocycles. The van der Waals surface area contributed by atoms with E-state index in [2.05, 4.69) is 25.7 Å². The SMILES string of the molecule is O=C(CSc1nnc(SCc2ccccc2Cl)s1)N/N=C/c1ccccn1. The minimum Gasteiger partial charge on any atom is -0.272 e. The van der Waals surface area contributed by atoms with Gasteiger partial charge in [0.2, 0.25) is 0 Å². The predicted octanol–water partition coefficient (Wildman–Crippen LogP) is 4.12. The van der Waals surface area contributed by atoms with Crippen LogP contribution in [0.3, 0.4) is 0 Å². The highest BCUT2D eigenvalue weighted by atomic mass is 35.5. The topological polar surface area (TPSA) is 80.1 Å². The predicted molar refractivity (Wildman–Crippen MR) is 112 cm³/mol. The van der Waals surface area contributed by atoms with Crippen LogP contribution >= 0.6 is 46.5 Å². The minimum absolute atomic E-state index is 0.212. The molecule has 1 amide bonds. The molecule has 2 aromatic heterocycles. The molecule has 6 nitrogen and oxygen atoms in total. The summed E-state index contributed by atoms with van der Waals surface area (Å²) in [6.07, 6.45) is 3.16. The van der Waals surface area contributed by atoms with Gasteiger partial charge in [-0.25, -0.2) is 5.43 Å². The second-order valence-electron chi connectivity index (χ2n) is 5.05. The van der Waals surface area contributed by atoms with Crippen molar-refractivity contribution in [1.82, 2.24) is 20.6 Å². The number of hydrogen-bond donors (Lipinski definition) is 1. The summed E-state index contributed by atoms with van der Waals surface area (Å²) in [5.74, 6) is 0.720. The molecule has 0 aliphatic rings. The molecule has 3 aromatic rings. The third kappa shape index (κ3) is 6.62. The van der Waals surface area contributed by atoms with E-state index in [1.807, 2.05) is 36.4 Å². The highest BCUT2D eigenvalue weighted by Gasteiger charge is 2.09. The van der Waals surface area contributed by atoms with Crippen molar-refractivity contribution in [3.05, 3.63) is 64.9 Å². The van der Waals surface area contributed by atoms with Gasteiger partial charge < -0.3 is 0 Å². The van der Waals surface area contributed by atoms with Gasteiger partial charge in [0.25, 0.3) is 5.91 Å². The van der Waals surface area contributed by atoms with Gasteiger partial charge in [0.15, 0.2) is 8.68 Å². The summed E-state index contributed by atoms with van der Waals surface area (Å²) in [6.45, 7) is 0. The Kier molecular flexibility index (Phi) is 7.64. The lowest BCUT2D eigenvalue weighted by Gasteiger charge is -2.00. The number of carbonyl (C=O) groups excluding carboxylic acids is 1. The second-order valence-corrected chi connectivity index (χ2v) is 8.88. The van der Waals surface area contributed by atoms with E-state index in [0.717, 1.165) is 25.0 Å². The number of hydrogen-bond acceptors (Lipinski definition) is 8. The fourth-order valence-corrected chi connectivity index (χ4v) is 4.95. The molecule has 1 N–H and O–H groups in total. The van der Waals surface area contributed by atoms with Crippen LogP contribution in [0.1, 0.15) is 11.3 Å². The molecule has 1 aromatic carbocycles. The first-order valence-corrected chi connectivity index (χ1v) is 10.9. The van der Waals surface area contributed by atoms with Crippen molar-refractivity contribution in [1.29, 1.82) is 0 Å². The highest BCUT2D eigenvalue weighted by Crippen LogP contribution is 2.32. The number of nitrogens with zero attached hydrogens (tertiary/aromatic N) is 4. The number of thioether (sulfide) groups is 2. The van der Waals surface area contributed by atoms with Crippen molar-refractivity contribution in [2.24, 2.45) is 5.10 Å². The Morgan fingerprint density at radius 1 is 1.15 bits per heavy atom. The van der Waals surface area contributed by atoms with Gasteiger partial charge in [-0.1, -0.05) is 70.7 Å². The van der Waals surface area contributed by atoms with Crippen LogP contribution < -0.4 is 5.43 Å². The molecular weight excluding hydrogens is 422 g/mol. The first-order valence-electron chi connectivity index (χ1n) is 7.76. The molecule has 0 atom stereocenters. The van der Waals surface area contributed by atoms with E-state index in [-0.39, 0.29) is 11.7 Å². The molecule has 10 heteroatoms. The normalized spacial score (nSPS) is 11.0. The molecule has 0 unspecified atom stereocenters. The zero-order valence-corrected chi connectivity index (χ0v) is 17.1. The smallest absolute Gasteiger partial charge is 0.250 e. The first kappa shape index (κ1) is 19.8. The minimum atomic E-state index is -0.215. The van der Waals surface area contributed by atoms with Crippen molar-refractivity contribution >= 4 is 58.6 Å². The van der Waals surface area contributed by atoms with Crippen LogP contribution in [0.4, 0.5) is 0 Å². The van der Waals surface area contributed by atoms with E-state index in [1.165, 1.54) is 29.3 Å². The largest absolute Gasteiger partial charge is 0.272 e. The molecule has 138 valence electrons. The third-order valence-electron chi connectivity index (χ3n) is 3.10. The monoisotopic (exact) mass is 435 g/mol. The molecule has 0 saturated heterocycles. The van der Waals surface area contributed by atoms with Crippen LogP contribution in [0.2, 0.25) is 5.02 Å². The highest BCUT2D eigenvalue weighted by molar-refractivity contribution is 8.03. The number of amides is 1. The van der Waals surface area contributed by atoms with Gasteiger partial charge in [0.1, 0.15) is 0 Å². The summed E-state index contributed by atoms with van der Waals surface area (Å²) >= 11 is 10.5. The van der Waals surface area contributed by atoms with Crippen LogP contribution in [0, 0.1) is 0 Å². The van der Waals surface area contributed by atoms with Crippen LogP contribution in [-0.2, 0) is 10.5 Å². The number of pyridine rings is 1. The molecule has 27 heavy (non-hydrogen) atoms. The lowest BCUT2D eigenvalue weighted by molar-refractivity contribution is -0.118. The van der Waals surface area contributed by atoms with E-state index < -0.39 is 0 Å². The third-order valence-corrected chi connectivity index (χ3v) is 6.70. The van der Waals surface area contributed by atoms with E-state index in [1.54, 1.807) is 24.0 Å². The maximum absolute atomic E-state index is 11.8. The Balaban J connectivity index is 1.42. The number of hydrazone groups is 1. The zero-order chi connectivity index (χ0) is 18.9. The lowest BCUT2D eigenvalue weighted by Crippen LogP contribution is -2.19. The Bertz CT molecular complexity index is 920. The van der Waals surface area contributed by atoms with Crippen LogP contribution in [0.25, 0.3) is 0 Å². The molecular formula is C17H14ClN5OS3. The van der Waals surface area contributed by atoms with Gasteiger partial charge in [0, 0.05) is 17.0 Å². The average molecular weight is 436 g/mol. The zero-order valence-electron chi connectivity index (χ0n) is 13.9. The molecule has 0 radical (unpaired) electrons. The number of halogens is 1. The van der Waals surface area contributed by atoms with Gasteiger partial charge in [0.05, 0.1) is 17.7 Å². The Hall–Kier alpha value is -1.94. The van der Waals surface area contributed by atoms with Gasteiger partial charge in [-0.05, 0) is 23.8 Å². The van der Waals surface area contributed by atoms with Gasteiger partial charge in [-0.3, -0.25) is 9.78 Å². The number of nitrogens with one attached hydrogen (secondary N) is 1. The lowest BCUT2D eigenvalue weighted by atomic mass is 10.2. The van der Waals surface area contributed by atoms with Gasteiger partial charge in [-0.2, -0.15) is 5.10 Å². The summed E-state index contributed by atoms with van der Waals surface area (Å²) in [5.41, 5.74) is 4.20. The molecule has 3 rings (SSSR count). The van der Waals surface area contributed by atoms with Crippen molar-refractivity contribution in [2.75, 3.05) is 5.75 Å². The summed E-state index contributed by atoms with van der Waals surface area (Å²) in [4.78, 5) is 15.9. The number of aromatic nitrogens is 3. The molecule has 0 bridgehead atoms. The Morgan fingerprint density at radius 3 is 2.70 bits per heavy atom. The maximum Gasteiger partial charge on any atom is 0.250 e.